The molecule has 0 amide bonds. The molecular formula is C12H10ClNO3. The lowest BCUT2D eigenvalue weighted by molar-refractivity contribution is -0.136. The number of hydrogen-bond acceptors (Lipinski definition) is 2. The van der Waals surface area contributed by atoms with Crippen molar-refractivity contribution in [2.75, 3.05) is 0 Å². The second-order valence-corrected chi connectivity index (χ2v) is 4.18. The van der Waals surface area contributed by atoms with E-state index >= 15 is 0 Å². The molecule has 0 aliphatic rings. The molecule has 1 aromatic heterocycles. The molecule has 0 bridgehead atoms. The smallest absolute Gasteiger partial charge is 0.323 e. The van der Waals surface area contributed by atoms with Crippen LogP contribution in [0.15, 0.2) is 41.3 Å². The van der Waals surface area contributed by atoms with Gasteiger partial charge in [0.05, 0.1) is 5.52 Å². The number of carboxylic acids is 1. The van der Waals surface area contributed by atoms with E-state index in [2.05, 4.69) is 0 Å². The van der Waals surface area contributed by atoms with Crippen LogP contribution in [0.4, 0.5) is 0 Å². The van der Waals surface area contributed by atoms with E-state index in [-0.39, 0.29) is 12.0 Å². The molecular weight excluding hydrogens is 242 g/mol. The molecule has 1 atom stereocenters. The van der Waals surface area contributed by atoms with Gasteiger partial charge in [0.25, 0.3) is 0 Å². The zero-order valence-electron chi connectivity index (χ0n) is 8.84. The van der Waals surface area contributed by atoms with Crippen LogP contribution >= 0.6 is 11.6 Å². The van der Waals surface area contributed by atoms with E-state index in [1.807, 2.05) is 0 Å². The number of fused-ring (bicyclic) bond motifs is 1. The molecule has 4 nitrogen and oxygen atoms in total. The van der Waals surface area contributed by atoms with Gasteiger partial charge in [0.1, 0.15) is 5.38 Å². The fraction of sp³-hybridized carbons (Fsp3) is 0.167. The first-order valence-corrected chi connectivity index (χ1v) is 5.48. The third-order valence-corrected chi connectivity index (χ3v) is 2.83. The zero-order chi connectivity index (χ0) is 12.4. The number of aliphatic carboxylic acids is 1. The predicted molar refractivity (Wildman–Crippen MR) is 65.5 cm³/mol. The van der Waals surface area contributed by atoms with Gasteiger partial charge in [-0.25, -0.2) is 0 Å². The third-order valence-electron chi connectivity index (χ3n) is 2.51. The number of halogens is 1. The maximum atomic E-state index is 11.6. The van der Waals surface area contributed by atoms with E-state index in [0.717, 1.165) is 0 Å². The van der Waals surface area contributed by atoms with E-state index in [1.54, 1.807) is 35.0 Å². The molecule has 1 heterocycles. The van der Waals surface area contributed by atoms with Crippen LogP contribution in [0, 0.1) is 0 Å². The summed E-state index contributed by atoms with van der Waals surface area (Å²) in [6.07, 6.45) is 1.56. The highest BCUT2D eigenvalue weighted by atomic mass is 35.5. The number of hydrogen-bond donors (Lipinski definition) is 1. The number of alkyl halides is 1. The molecule has 0 radical (unpaired) electrons. The molecule has 0 saturated heterocycles. The summed E-state index contributed by atoms with van der Waals surface area (Å²) in [5, 5.41) is 8.31. The summed E-state index contributed by atoms with van der Waals surface area (Å²) in [6, 6.07) is 8.44. The molecule has 0 aliphatic heterocycles. The first-order chi connectivity index (χ1) is 8.09. The number of pyridine rings is 1. The SMILES string of the molecule is O=C(O)C(Cl)Cn1ccc(=O)c2ccccc21. The first-order valence-electron chi connectivity index (χ1n) is 5.04. The van der Waals surface area contributed by atoms with Crippen molar-refractivity contribution in [2.45, 2.75) is 11.9 Å². The van der Waals surface area contributed by atoms with Gasteiger partial charge in [0.15, 0.2) is 5.43 Å². The van der Waals surface area contributed by atoms with Crippen LogP contribution in [0.5, 0.6) is 0 Å². The summed E-state index contributed by atoms with van der Waals surface area (Å²) >= 11 is 5.69. The van der Waals surface area contributed by atoms with Gasteiger partial charge in [0.2, 0.25) is 0 Å². The average Bonchev–Trinajstić information content (AvgIpc) is 2.33. The molecule has 2 aromatic rings. The van der Waals surface area contributed by atoms with Crippen LogP contribution in [0.3, 0.4) is 0 Å². The van der Waals surface area contributed by atoms with Crippen molar-refractivity contribution < 1.29 is 9.90 Å². The van der Waals surface area contributed by atoms with Crippen LogP contribution in [-0.4, -0.2) is 21.0 Å². The molecule has 0 aliphatic carbocycles. The van der Waals surface area contributed by atoms with Crippen molar-refractivity contribution in [3.8, 4) is 0 Å². The predicted octanol–water partition coefficient (Wildman–Crippen LogP) is 1.69. The van der Waals surface area contributed by atoms with E-state index in [1.165, 1.54) is 6.07 Å². The summed E-state index contributed by atoms with van der Waals surface area (Å²) in [5.74, 6) is -1.07. The minimum absolute atomic E-state index is 0.0849. The van der Waals surface area contributed by atoms with Crippen molar-refractivity contribution >= 4 is 28.5 Å². The number of nitrogens with zero attached hydrogens (tertiary/aromatic N) is 1. The van der Waals surface area contributed by atoms with Crippen molar-refractivity contribution in [1.29, 1.82) is 0 Å². The summed E-state index contributed by atoms with van der Waals surface area (Å²) in [5.41, 5.74) is 0.602. The van der Waals surface area contributed by atoms with Crippen molar-refractivity contribution in [1.82, 2.24) is 4.57 Å². The molecule has 0 fully saturated rings. The van der Waals surface area contributed by atoms with Crippen molar-refractivity contribution in [2.24, 2.45) is 0 Å². The second kappa shape index (κ2) is 4.59. The maximum Gasteiger partial charge on any atom is 0.323 e. The van der Waals surface area contributed by atoms with Gasteiger partial charge in [-0.1, -0.05) is 12.1 Å². The van der Waals surface area contributed by atoms with Gasteiger partial charge in [-0.15, -0.1) is 11.6 Å². The minimum atomic E-state index is -1.07. The molecule has 5 heteroatoms. The van der Waals surface area contributed by atoms with Crippen LogP contribution in [-0.2, 0) is 11.3 Å². The molecule has 17 heavy (non-hydrogen) atoms. The van der Waals surface area contributed by atoms with Gasteiger partial charge in [-0.2, -0.15) is 0 Å². The number of carbonyl (C=O) groups is 1. The Balaban J connectivity index is 2.52. The third kappa shape index (κ3) is 2.31. The second-order valence-electron chi connectivity index (χ2n) is 3.66. The lowest BCUT2D eigenvalue weighted by atomic mass is 10.2. The monoisotopic (exact) mass is 251 g/mol. The Hall–Kier alpha value is -1.81. The molecule has 88 valence electrons. The first kappa shape index (κ1) is 11.7. The Morgan fingerprint density at radius 1 is 1.35 bits per heavy atom. The number of rotatable bonds is 3. The van der Waals surface area contributed by atoms with E-state index in [4.69, 9.17) is 16.7 Å². The highest BCUT2D eigenvalue weighted by Crippen LogP contribution is 2.11. The van der Waals surface area contributed by atoms with Gasteiger partial charge in [-0.05, 0) is 12.1 Å². The molecule has 1 unspecified atom stereocenters. The van der Waals surface area contributed by atoms with Gasteiger partial charge >= 0.3 is 5.97 Å². The van der Waals surface area contributed by atoms with Gasteiger partial charge in [-0.3, -0.25) is 9.59 Å². The maximum absolute atomic E-state index is 11.6. The fourth-order valence-corrected chi connectivity index (χ4v) is 1.82. The van der Waals surface area contributed by atoms with Crippen LogP contribution in [0.25, 0.3) is 10.9 Å². The lowest BCUT2D eigenvalue weighted by Crippen LogP contribution is -2.21. The van der Waals surface area contributed by atoms with Crippen molar-refractivity contribution in [3.05, 3.63) is 46.8 Å². The van der Waals surface area contributed by atoms with Crippen LogP contribution in [0.2, 0.25) is 0 Å². The Morgan fingerprint density at radius 2 is 2.06 bits per heavy atom. The molecule has 0 spiro atoms. The van der Waals surface area contributed by atoms with E-state index in [0.29, 0.717) is 10.9 Å². The fourth-order valence-electron chi connectivity index (χ4n) is 1.67. The summed E-state index contributed by atoms with van der Waals surface area (Å²) in [6.45, 7) is 0.123. The number of carboxylic acid groups (broad SMARTS) is 1. The molecule has 1 aromatic carbocycles. The number of para-hydroxylation sites is 1. The minimum Gasteiger partial charge on any atom is -0.480 e. The van der Waals surface area contributed by atoms with E-state index < -0.39 is 11.3 Å². The Morgan fingerprint density at radius 3 is 2.76 bits per heavy atom. The lowest BCUT2D eigenvalue weighted by Gasteiger charge is -2.11. The van der Waals surface area contributed by atoms with Crippen LogP contribution < -0.4 is 5.43 Å². The van der Waals surface area contributed by atoms with Crippen molar-refractivity contribution in [3.63, 3.8) is 0 Å². The summed E-state index contributed by atoms with van der Waals surface area (Å²) < 4.78 is 1.67. The number of aromatic nitrogens is 1. The zero-order valence-corrected chi connectivity index (χ0v) is 9.59. The molecule has 0 saturated carbocycles. The largest absolute Gasteiger partial charge is 0.480 e. The topological polar surface area (TPSA) is 59.3 Å². The Bertz CT molecular complexity index is 620. The Kier molecular flexibility index (Phi) is 3.15. The van der Waals surface area contributed by atoms with Crippen LogP contribution in [0.1, 0.15) is 0 Å². The summed E-state index contributed by atoms with van der Waals surface area (Å²) in [7, 11) is 0. The van der Waals surface area contributed by atoms with Gasteiger partial charge < -0.3 is 9.67 Å². The molecule has 1 N–H and O–H groups in total. The highest BCUT2D eigenvalue weighted by molar-refractivity contribution is 6.29. The standard InChI is InChI=1S/C12H10ClNO3/c13-9(12(16)17)7-14-6-5-11(15)8-3-1-2-4-10(8)14/h1-6,9H,7H2,(H,16,17). The number of benzene rings is 1. The summed E-state index contributed by atoms with van der Waals surface area (Å²) in [4.78, 5) is 22.3. The molecule has 2 rings (SSSR count). The normalized spacial score (nSPS) is 12.5. The Labute approximate surface area is 102 Å². The highest BCUT2D eigenvalue weighted by Gasteiger charge is 2.14. The van der Waals surface area contributed by atoms with E-state index in [9.17, 15) is 9.59 Å². The average molecular weight is 252 g/mol. The quantitative estimate of drug-likeness (QED) is 0.845. The van der Waals surface area contributed by atoms with Gasteiger partial charge in [0, 0.05) is 24.2 Å².